The van der Waals surface area contributed by atoms with Gasteiger partial charge >= 0.3 is 5.97 Å². The molecule has 0 radical (unpaired) electrons. The lowest BCUT2D eigenvalue weighted by molar-refractivity contribution is -0.136. The molecule has 4 rings (SSSR count). The van der Waals surface area contributed by atoms with Crippen LogP contribution in [-0.4, -0.2) is 18.8 Å². The number of hydrogen-bond donors (Lipinski definition) is 0. The van der Waals surface area contributed by atoms with Crippen LogP contribution in [-0.2, 0) is 16.2 Å². The van der Waals surface area contributed by atoms with E-state index in [2.05, 4.69) is 5.16 Å². The Bertz CT molecular complexity index is 1190. The highest BCUT2D eigenvalue weighted by atomic mass is 35.5. The molecule has 5 nitrogen and oxygen atoms in total. The number of oxime groups is 1. The van der Waals surface area contributed by atoms with Crippen LogP contribution in [0.25, 0.3) is 6.08 Å². The molecule has 0 unspecified atom stereocenters. The van der Waals surface area contributed by atoms with Gasteiger partial charge in [0.2, 0.25) is 0 Å². The molecule has 156 valence electrons. The predicted molar refractivity (Wildman–Crippen MR) is 116 cm³/mol. The van der Waals surface area contributed by atoms with Gasteiger partial charge < -0.3 is 14.3 Å². The third-order valence-electron chi connectivity index (χ3n) is 4.63. The third-order valence-corrected chi connectivity index (χ3v) is 4.92. The average molecular weight is 438 g/mol. The third kappa shape index (κ3) is 4.44. The number of benzene rings is 3. The van der Waals surface area contributed by atoms with Crippen LogP contribution in [0.3, 0.4) is 0 Å². The van der Waals surface area contributed by atoms with E-state index in [1.807, 2.05) is 30.3 Å². The SMILES string of the molecule is COc1cc(/C=C2\C(=O)ON=C2c2ccccc2)cc(Cl)c1OCc1ccccc1F. The quantitative estimate of drug-likeness (QED) is 0.382. The number of hydrogen-bond acceptors (Lipinski definition) is 5. The van der Waals surface area contributed by atoms with Crippen LogP contribution in [0.4, 0.5) is 4.39 Å². The maximum absolute atomic E-state index is 13.9. The molecule has 0 atom stereocenters. The smallest absolute Gasteiger partial charge is 0.368 e. The van der Waals surface area contributed by atoms with Crippen molar-refractivity contribution in [1.82, 2.24) is 0 Å². The number of methoxy groups -OCH3 is 1. The Morgan fingerprint density at radius 1 is 1.10 bits per heavy atom. The van der Waals surface area contributed by atoms with Gasteiger partial charge in [0.25, 0.3) is 0 Å². The summed E-state index contributed by atoms with van der Waals surface area (Å²) in [6, 6.07) is 18.9. The second kappa shape index (κ2) is 9.02. The fourth-order valence-corrected chi connectivity index (χ4v) is 3.38. The van der Waals surface area contributed by atoms with Crippen LogP contribution < -0.4 is 9.47 Å². The van der Waals surface area contributed by atoms with Crippen molar-refractivity contribution < 1.29 is 23.5 Å². The van der Waals surface area contributed by atoms with Gasteiger partial charge in [-0.25, -0.2) is 9.18 Å². The second-order valence-corrected chi connectivity index (χ2v) is 7.06. The van der Waals surface area contributed by atoms with Gasteiger partial charge in [0.15, 0.2) is 11.5 Å². The van der Waals surface area contributed by atoms with E-state index in [-0.39, 0.29) is 23.2 Å². The van der Waals surface area contributed by atoms with Crippen molar-refractivity contribution >= 4 is 29.4 Å². The van der Waals surface area contributed by atoms with Crippen molar-refractivity contribution in [2.24, 2.45) is 5.16 Å². The average Bonchev–Trinajstić information content (AvgIpc) is 3.14. The summed E-state index contributed by atoms with van der Waals surface area (Å²) >= 11 is 6.42. The normalized spacial score (nSPS) is 14.4. The zero-order chi connectivity index (χ0) is 21.8. The molecule has 1 aliphatic heterocycles. The summed E-state index contributed by atoms with van der Waals surface area (Å²) in [4.78, 5) is 17.1. The van der Waals surface area contributed by atoms with E-state index < -0.39 is 5.97 Å². The first-order chi connectivity index (χ1) is 15.1. The number of carbonyl (C=O) groups is 1. The summed E-state index contributed by atoms with van der Waals surface area (Å²) in [5.74, 6) is -0.305. The minimum absolute atomic E-state index is 0.0136. The molecule has 0 saturated heterocycles. The van der Waals surface area contributed by atoms with Gasteiger partial charge in [-0.1, -0.05) is 65.3 Å². The standard InChI is InChI=1S/C24H17ClFNO4/c1-29-21-13-15(11-18-22(27-31-24(18)28)16-7-3-2-4-8-16)12-19(25)23(21)30-14-17-9-5-6-10-20(17)26/h2-13H,14H2,1H3/b18-11-. The van der Waals surface area contributed by atoms with Gasteiger partial charge in [-0.3, -0.25) is 0 Å². The summed E-state index contributed by atoms with van der Waals surface area (Å²) < 4.78 is 25.0. The van der Waals surface area contributed by atoms with E-state index in [1.165, 1.54) is 13.2 Å². The largest absolute Gasteiger partial charge is 0.493 e. The molecular weight excluding hydrogens is 421 g/mol. The Balaban J connectivity index is 1.64. The molecule has 3 aromatic carbocycles. The number of halogens is 2. The van der Waals surface area contributed by atoms with E-state index in [4.69, 9.17) is 25.9 Å². The molecule has 1 aliphatic rings. The highest BCUT2D eigenvalue weighted by Gasteiger charge is 2.27. The van der Waals surface area contributed by atoms with Crippen molar-refractivity contribution in [1.29, 1.82) is 0 Å². The molecule has 1 heterocycles. The van der Waals surface area contributed by atoms with E-state index in [1.54, 1.807) is 36.4 Å². The Kier molecular flexibility index (Phi) is 6.00. The maximum atomic E-state index is 13.9. The van der Waals surface area contributed by atoms with Crippen LogP contribution in [0.1, 0.15) is 16.7 Å². The van der Waals surface area contributed by atoms with E-state index >= 15 is 0 Å². The van der Waals surface area contributed by atoms with Crippen molar-refractivity contribution in [2.45, 2.75) is 6.61 Å². The maximum Gasteiger partial charge on any atom is 0.368 e. The summed E-state index contributed by atoms with van der Waals surface area (Å²) in [6.45, 7) is -0.0136. The fourth-order valence-electron chi connectivity index (χ4n) is 3.11. The molecule has 0 fully saturated rings. The Labute approximate surface area is 183 Å². The highest BCUT2D eigenvalue weighted by Crippen LogP contribution is 2.38. The number of nitrogens with zero attached hydrogens (tertiary/aromatic N) is 1. The zero-order valence-electron chi connectivity index (χ0n) is 16.5. The van der Waals surface area contributed by atoms with Gasteiger partial charge in [-0.05, 0) is 29.8 Å². The van der Waals surface area contributed by atoms with E-state index in [0.29, 0.717) is 28.2 Å². The molecule has 0 aliphatic carbocycles. The van der Waals surface area contributed by atoms with Gasteiger partial charge in [0, 0.05) is 11.1 Å². The van der Waals surface area contributed by atoms with Crippen LogP contribution in [0, 0.1) is 5.82 Å². The molecule has 0 N–H and O–H groups in total. The van der Waals surface area contributed by atoms with Crippen molar-refractivity contribution in [2.75, 3.05) is 7.11 Å². The van der Waals surface area contributed by atoms with Crippen LogP contribution >= 0.6 is 11.6 Å². The summed E-state index contributed by atoms with van der Waals surface area (Å²) in [5, 5.41) is 4.15. The monoisotopic (exact) mass is 437 g/mol. The minimum atomic E-state index is -0.561. The summed E-state index contributed by atoms with van der Waals surface area (Å²) in [7, 11) is 1.47. The molecule has 0 saturated carbocycles. The zero-order valence-corrected chi connectivity index (χ0v) is 17.2. The molecule has 31 heavy (non-hydrogen) atoms. The number of carbonyl (C=O) groups excluding carboxylic acids is 1. The lowest BCUT2D eigenvalue weighted by atomic mass is 10.0. The van der Waals surface area contributed by atoms with E-state index in [0.717, 1.165) is 5.56 Å². The first-order valence-electron chi connectivity index (χ1n) is 9.37. The van der Waals surface area contributed by atoms with Gasteiger partial charge in [0.1, 0.15) is 18.1 Å². The molecule has 3 aromatic rings. The Morgan fingerprint density at radius 3 is 2.58 bits per heavy atom. The predicted octanol–water partition coefficient (Wildman–Crippen LogP) is 5.41. The first kappa shape index (κ1) is 20.6. The number of rotatable bonds is 6. The molecule has 0 amide bonds. The van der Waals surface area contributed by atoms with Gasteiger partial charge in [-0.15, -0.1) is 0 Å². The van der Waals surface area contributed by atoms with Crippen molar-refractivity contribution in [3.05, 3.63) is 99.8 Å². The van der Waals surface area contributed by atoms with Crippen LogP contribution in [0.5, 0.6) is 11.5 Å². The van der Waals surface area contributed by atoms with Crippen molar-refractivity contribution in [3.8, 4) is 11.5 Å². The first-order valence-corrected chi connectivity index (χ1v) is 9.75. The Morgan fingerprint density at radius 2 is 1.84 bits per heavy atom. The fraction of sp³-hybridized carbons (Fsp3) is 0.0833. The number of ether oxygens (including phenoxy) is 2. The lowest BCUT2D eigenvalue weighted by Gasteiger charge is -2.14. The Hall–Kier alpha value is -3.64. The molecule has 0 aromatic heterocycles. The molecule has 0 spiro atoms. The van der Waals surface area contributed by atoms with Crippen LogP contribution in [0.2, 0.25) is 5.02 Å². The summed E-state index contributed by atoms with van der Waals surface area (Å²) in [6.07, 6.45) is 1.62. The molecular formula is C24H17ClFNO4. The lowest BCUT2D eigenvalue weighted by Crippen LogP contribution is -2.06. The van der Waals surface area contributed by atoms with Gasteiger partial charge in [0.05, 0.1) is 17.7 Å². The van der Waals surface area contributed by atoms with E-state index in [9.17, 15) is 9.18 Å². The highest BCUT2D eigenvalue weighted by molar-refractivity contribution is 6.33. The van der Waals surface area contributed by atoms with Gasteiger partial charge in [-0.2, -0.15) is 0 Å². The summed E-state index contributed by atoms with van der Waals surface area (Å²) in [5.41, 5.74) is 2.47. The topological polar surface area (TPSA) is 57.1 Å². The van der Waals surface area contributed by atoms with Crippen molar-refractivity contribution in [3.63, 3.8) is 0 Å². The second-order valence-electron chi connectivity index (χ2n) is 6.66. The van der Waals surface area contributed by atoms with Crippen LogP contribution in [0.15, 0.2) is 77.5 Å². The minimum Gasteiger partial charge on any atom is -0.493 e. The molecule has 0 bridgehead atoms. The molecule has 7 heteroatoms.